The molecule has 0 radical (unpaired) electrons. The van der Waals surface area contributed by atoms with Crippen LogP contribution in [0.25, 0.3) is 0 Å². The number of sulfonamides is 1. The molecule has 8 heteroatoms. The highest BCUT2D eigenvalue weighted by molar-refractivity contribution is 9.10. The van der Waals surface area contributed by atoms with Crippen LogP contribution in [0.4, 0.5) is 10.1 Å². The van der Waals surface area contributed by atoms with Gasteiger partial charge in [-0.1, -0.05) is 22.0 Å². The van der Waals surface area contributed by atoms with Crippen molar-refractivity contribution in [1.82, 2.24) is 5.32 Å². The zero-order chi connectivity index (χ0) is 17.7. The zero-order valence-electron chi connectivity index (χ0n) is 12.8. The summed E-state index contributed by atoms with van der Waals surface area (Å²) in [6, 6.07) is 10.8. The van der Waals surface area contributed by atoms with Gasteiger partial charge in [0.15, 0.2) is 0 Å². The summed E-state index contributed by atoms with van der Waals surface area (Å²) in [5.74, 6) is -1.16. The maximum absolute atomic E-state index is 13.4. The van der Waals surface area contributed by atoms with Crippen LogP contribution < -0.4 is 10.0 Å². The van der Waals surface area contributed by atoms with Gasteiger partial charge in [-0.2, -0.15) is 0 Å². The Kier molecular flexibility index (Phi) is 5.95. The summed E-state index contributed by atoms with van der Waals surface area (Å²) in [5.41, 5.74) is 1.02. The summed E-state index contributed by atoms with van der Waals surface area (Å²) in [6.07, 6.45) is 0. The van der Waals surface area contributed by atoms with Crippen LogP contribution in [-0.2, 0) is 10.0 Å². The number of carbonyl (C=O) groups excluding carboxylic acids is 1. The van der Waals surface area contributed by atoms with Crippen LogP contribution >= 0.6 is 15.9 Å². The molecule has 1 amide bonds. The van der Waals surface area contributed by atoms with E-state index in [9.17, 15) is 17.6 Å². The van der Waals surface area contributed by atoms with Crippen LogP contribution in [-0.4, -0.2) is 26.6 Å². The van der Waals surface area contributed by atoms with Crippen LogP contribution in [0.2, 0.25) is 0 Å². The Morgan fingerprint density at radius 1 is 1.17 bits per heavy atom. The van der Waals surface area contributed by atoms with E-state index >= 15 is 0 Å². The summed E-state index contributed by atoms with van der Waals surface area (Å²) in [5, 5.41) is 2.53. The lowest BCUT2D eigenvalue weighted by Gasteiger charge is -2.10. The third kappa shape index (κ3) is 5.31. The summed E-state index contributed by atoms with van der Waals surface area (Å²) >= 11 is 3.27. The van der Waals surface area contributed by atoms with Gasteiger partial charge in [0.2, 0.25) is 10.0 Å². The van der Waals surface area contributed by atoms with Crippen molar-refractivity contribution < 1.29 is 17.6 Å². The van der Waals surface area contributed by atoms with E-state index in [0.717, 1.165) is 10.5 Å². The number of anilines is 1. The number of benzene rings is 2. The minimum Gasteiger partial charge on any atom is -0.351 e. The number of hydrogen-bond acceptors (Lipinski definition) is 3. The molecule has 2 aromatic carbocycles. The molecule has 2 rings (SSSR count). The molecule has 24 heavy (non-hydrogen) atoms. The molecular formula is C16H16BrFN2O3S. The van der Waals surface area contributed by atoms with E-state index in [-0.39, 0.29) is 23.9 Å². The van der Waals surface area contributed by atoms with Crippen LogP contribution in [0.15, 0.2) is 46.9 Å². The van der Waals surface area contributed by atoms with Gasteiger partial charge in [0.25, 0.3) is 5.91 Å². The highest BCUT2D eigenvalue weighted by atomic mass is 79.9. The molecule has 0 saturated carbocycles. The fourth-order valence-electron chi connectivity index (χ4n) is 1.89. The molecule has 0 aliphatic carbocycles. The van der Waals surface area contributed by atoms with E-state index in [4.69, 9.17) is 0 Å². The molecule has 0 fully saturated rings. The number of carbonyl (C=O) groups is 1. The van der Waals surface area contributed by atoms with E-state index in [2.05, 4.69) is 26.0 Å². The molecule has 128 valence electrons. The Balaban J connectivity index is 1.89. The van der Waals surface area contributed by atoms with Gasteiger partial charge >= 0.3 is 0 Å². The monoisotopic (exact) mass is 414 g/mol. The highest BCUT2D eigenvalue weighted by Crippen LogP contribution is 2.15. The summed E-state index contributed by atoms with van der Waals surface area (Å²) < 4.78 is 40.5. The lowest BCUT2D eigenvalue weighted by atomic mass is 10.2. The smallest absolute Gasteiger partial charge is 0.251 e. The minimum absolute atomic E-state index is 0.0570. The molecule has 0 saturated heterocycles. The zero-order valence-corrected chi connectivity index (χ0v) is 15.2. The van der Waals surface area contributed by atoms with E-state index in [1.165, 1.54) is 12.1 Å². The van der Waals surface area contributed by atoms with Crippen LogP contribution in [0.1, 0.15) is 15.9 Å². The van der Waals surface area contributed by atoms with Crippen molar-refractivity contribution >= 4 is 37.5 Å². The number of aryl methyl sites for hydroxylation is 1. The number of rotatable bonds is 6. The molecule has 0 aromatic heterocycles. The van der Waals surface area contributed by atoms with Gasteiger partial charge in [-0.05, 0) is 48.9 Å². The third-order valence-electron chi connectivity index (χ3n) is 3.21. The lowest BCUT2D eigenvalue weighted by molar-refractivity contribution is 0.0956. The van der Waals surface area contributed by atoms with Crippen molar-refractivity contribution in [2.24, 2.45) is 0 Å². The Bertz CT molecular complexity index is 839. The molecule has 0 spiro atoms. The Hall–Kier alpha value is -1.93. The predicted molar refractivity (Wildman–Crippen MR) is 95.0 cm³/mol. The fraction of sp³-hybridized carbons (Fsp3) is 0.188. The SMILES string of the molecule is Cc1ccc(NS(=O)(=O)CCNC(=O)c2ccc(Br)cc2)cc1F. The first-order valence-electron chi connectivity index (χ1n) is 7.07. The second kappa shape index (κ2) is 7.76. The molecule has 0 unspecified atom stereocenters. The second-order valence-electron chi connectivity index (χ2n) is 5.15. The van der Waals surface area contributed by atoms with Crippen LogP contribution in [0, 0.1) is 12.7 Å². The minimum atomic E-state index is -3.69. The average molecular weight is 415 g/mol. The van der Waals surface area contributed by atoms with Gasteiger partial charge in [-0.25, -0.2) is 12.8 Å². The largest absolute Gasteiger partial charge is 0.351 e. The van der Waals surface area contributed by atoms with Crippen molar-refractivity contribution in [3.8, 4) is 0 Å². The van der Waals surface area contributed by atoms with E-state index < -0.39 is 15.8 Å². The lowest BCUT2D eigenvalue weighted by Crippen LogP contribution is -2.31. The maximum atomic E-state index is 13.4. The predicted octanol–water partition coefficient (Wildman–Crippen LogP) is 3.07. The molecule has 0 bridgehead atoms. The van der Waals surface area contributed by atoms with E-state index in [0.29, 0.717) is 11.1 Å². The average Bonchev–Trinajstić information content (AvgIpc) is 2.51. The van der Waals surface area contributed by atoms with Gasteiger partial charge in [-0.15, -0.1) is 0 Å². The van der Waals surface area contributed by atoms with Gasteiger partial charge in [0, 0.05) is 16.6 Å². The van der Waals surface area contributed by atoms with Crippen molar-refractivity contribution in [3.05, 3.63) is 63.9 Å². The first-order valence-corrected chi connectivity index (χ1v) is 9.52. The second-order valence-corrected chi connectivity index (χ2v) is 7.91. The molecular weight excluding hydrogens is 399 g/mol. The van der Waals surface area contributed by atoms with Gasteiger partial charge in [-0.3, -0.25) is 9.52 Å². The summed E-state index contributed by atoms with van der Waals surface area (Å²) in [6.45, 7) is 1.53. The molecule has 0 heterocycles. The molecule has 0 aliphatic heterocycles. The van der Waals surface area contributed by atoms with Crippen molar-refractivity contribution in [1.29, 1.82) is 0 Å². The Morgan fingerprint density at radius 3 is 2.46 bits per heavy atom. The highest BCUT2D eigenvalue weighted by Gasteiger charge is 2.13. The Morgan fingerprint density at radius 2 is 1.83 bits per heavy atom. The third-order valence-corrected chi connectivity index (χ3v) is 5.02. The standard InChI is InChI=1S/C16H16BrFN2O3S/c1-11-2-7-14(10-15(11)18)20-24(22,23)9-8-19-16(21)12-3-5-13(17)6-4-12/h2-7,10,20H,8-9H2,1H3,(H,19,21). The van der Waals surface area contributed by atoms with Crippen molar-refractivity contribution in [3.63, 3.8) is 0 Å². The first kappa shape index (κ1) is 18.4. The van der Waals surface area contributed by atoms with Gasteiger partial charge in [0.1, 0.15) is 5.82 Å². The molecule has 2 aromatic rings. The quantitative estimate of drug-likeness (QED) is 0.762. The Labute approximate surface area is 148 Å². The van der Waals surface area contributed by atoms with Gasteiger partial charge in [0.05, 0.1) is 11.4 Å². The molecule has 0 aliphatic rings. The number of nitrogens with one attached hydrogen (secondary N) is 2. The maximum Gasteiger partial charge on any atom is 0.251 e. The van der Waals surface area contributed by atoms with Crippen LogP contribution in [0.3, 0.4) is 0 Å². The van der Waals surface area contributed by atoms with Crippen molar-refractivity contribution in [2.45, 2.75) is 6.92 Å². The van der Waals surface area contributed by atoms with Gasteiger partial charge < -0.3 is 5.32 Å². The molecule has 2 N–H and O–H groups in total. The number of amides is 1. The summed E-state index contributed by atoms with van der Waals surface area (Å²) in [4.78, 5) is 11.9. The van der Waals surface area contributed by atoms with Crippen molar-refractivity contribution in [2.75, 3.05) is 17.0 Å². The van der Waals surface area contributed by atoms with E-state index in [1.54, 1.807) is 31.2 Å². The molecule has 0 atom stereocenters. The van der Waals surface area contributed by atoms with Crippen LogP contribution in [0.5, 0.6) is 0 Å². The topological polar surface area (TPSA) is 75.3 Å². The number of halogens is 2. The number of hydrogen-bond donors (Lipinski definition) is 2. The first-order chi connectivity index (χ1) is 11.3. The summed E-state index contributed by atoms with van der Waals surface area (Å²) in [7, 11) is -3.69. The molecule has 5 nitrogen and oxygen atoms in total. The normalized spacial score (nSPS) is 11.1. The fourth-order valence-corrected chi connectivity index (χ4v) is 3.11. The van der Waals surface area contributed by atoms with E-state index in [1.807, 2.05) is 0 Å².